The van der Waals surface area contributed by atoms with E-state index in [4.69, 9.17) is 19.7 Å². The minimum absolute atomic E-state index is 0.0704. The summed E-state index contributed by atoms with van der Waals surface area (Å²) in [6.07, 6.45) is 6.07. The van der Waals surface area contributed by atoms with Gasteiger partial charge in [0.15, 0.2) is 5.82 Å². The number of benzene rings is 3. The third kappa shape index (κ3) is 6.45. The Kier molecular flexibility index (Phi) is 8.89. The van der Waals surface area contributed by atoms with Gasteiger partial charge in [0.2, 0.25) is 5.91 Å². The molecule has 1 unspecified atom stereocenters. The molecule has 1 saturated heterocycles. The zero-order chi connectivity index (χ0) is 32.2. The quantitative estimate of drug-likeness (QED) is 0.137. The van der Waals surface area contributed by atoms with E-state index in [2.05, 4.69) is 67.0 Å². The minimum atomic E-state index is -0.441. The number of nitrogens with zero attached hydrogens (tertiary/aromatic N) is 3. The molecular formula is C36H40N8O3. The third-order valence-corrected chi connectivity index (χ3v) is 9.06. The van der Waals surface area contributed by atoms with Crippen molar-refractivity contribution in [2.45, 2.75) is 37.9 Å². The summed E-state index contributed by atoms with van der Waals surface area (Å²) in [5.41, 5.74) is 5.43. The lowest BCUT2D eigenvalue weighted by Crippen LogP contribution is -2.56. The van der Waals surface area contributed by atoms with Gasteiger partial charge in [-0.1, -0.05) is 36.4 Å². The number of aromatic amines is 2. The van der Waals surface area contributed by atoms with Gasteiger partial charge in [0.25, 0.3) is 0 Å². The van der Waals surface area contributed by atoms with Crippen molar-refractivity contribution in [1.29, 1.82) is 0 Å². The first-order valence-corrected chi connectivity index (χ1v) is 16.1. The number of piperazine rings is 1. The maximum Gasteiger partial charge on any atom is 0.239 e. The second-order valence-electron chi connectivity index (χ2n) is 11.9. The lowest BCUT2D eigenvalue weighted by atomic mass is 10.0. The van der Waals surface area contributed by atoms with Gasteiger partial charge >= 0.3 is 0 Å². The van der Waals surface area contributed by atoms with Crippen LogP contribution in [0.5, 0.6) is 11.5 Å². The van der Waals surface area contributed by atoms with Crippen molar-refractivity contribution in [2.24, 2.45) is 0 Å². The van der Waals surface area contributed by atoms with E-state index in [9.17, 15) is 4.79 Å². The molecule has 0 radical (unpaired) electrons. The van der Waals surface area contributed by atoms with Crippen LogP contribution in [0.3, 0.4) is 0 Å². The standard InChI is InChI=1S/C36H40N8O3/c1-46-26-13-11-24(33(18-26)47-2)22-44-34(14-12-23-19-39-29-9-5-3-7-27(23)29)42-43-35(44)31(41-36(45)32-21-37-15-16-38-32)17-25-20-40-30-10-6-4-8-28(25)30/h3-11,13,18-20,31-32,37-40H,12,14-17,21-22H2,1-2H3,(H,41,45)/t31-,32?/m1/s1. The summed E-state index contributed by atoms with van der Waals surface area (Å²) in [5.74, 6) is 2.88. The van der Waals surface area contributed by atoms with E-state index < -0.39 is 6.04 Å². The Morgan fingerprint density at radius 1 is 0.894 bits per heavy atom. The molecule has 0 saturated carbocycles. The maximum atomic E-state index is 13.7. The summed E-state index contributed by atoms with van der Waals surface area (Å²) in [6.45, 7) is 2.59. The fourth-order valence-corrected chi connectivity index (χ4v) is 6.54. The van der Waals surface area contributed by atoms with E-state index in [1.165, 1.54) is 10.9 Å². The number of aryl methyl sites for hydroxylation is 2. The molecular weight excluding hydrogens is 592 g/mol. The van der Waals surface area contributed by atoms with Crippen LogP contribution in [-0.4, -0.2) is 70.5 Å². The van der Waals surface area contributed by atoms with Gasteiger partial charge in [-0.3, -0.25) is 4.79 Å². The Hall–Kier alpha value is -5.13. The van der Waals surface area contributed by atoms with Crippen LogP contribution < -0.4 is 25.4 Å². The molecule has 0 bridgehead atoms. The van der Waals surface area contributed by atoms with Gasteiger partial charge in [0, 0.05) is 78.3 Å². The zero-order valence-corrected chi connectivity index (χ0v) is 26.7. The summed E-state index contributed by atoms with van der Waals surface area (Å²) >= 11 is 0. The average molecular weight is 633 g/mol. The molecule has 0 spiro atoms. The van der Waals surface area contributed by atoms with Gasteiger partial charge in [-0.15, -0.1) is 10.2 Å². The molecule has 2 atom stereocenters. The van der Waals surface area contributed by atoms with Gasteiger partial charge in [-0.05, 0) is 41.8 Å². The SMILES string of the molecule is COc1ccc(Cn2c(CCc3c[nH]c4ccccc34)nnc2[C@@H](Cc2c[nH]c3ccccc23)NC(=O)C2CNCCN2)c(OC)c1. The molecule has 3 aromatic carbocycles. The highest BCUT2D eigenvalue weighted by Crippen LogP contribution is 2.29. The third-order valence-electron chi connectivity index (χ3n) is 9.06. The summed E-state index contributed by atoms with van der Waals surface area (Å²) in [7, 11) is 3.30. The van der Waals surface area contributed by atoms with Crippen LogP contribution in [0.25, 0.3) is 21.8 Å². The summed E-state index contributed by atoms with van der Waals surface area (Å²) in [5, 5.41) is 21.9. The van der Waals surface area contributed by atoms with Crippen molar-refractivity contribution in [3.8, 4) is 11.5 Å². The van der Waals surface area contributed by atoms with E-state index in [1.54, 1.807) is 14.2 Å². The van der Waals surface area contributed by atoms with Crippen molar-refractivity contribution in [3.05, 3.63) is 107 Å². The van der Waals surface area contributed by atoms with Gasteiger partial charge < -0.3 is 40.0 Å². The number of para-hydroxylation sites is 2. The fourth-order valence-electron chi connectivity index (χ4n) is 6.54. The molecule has 1 aliphatic heterocycles. The zero-order valence-electron chi connectivity index (χ0n) is 26.7. The number of hydrogen-bond acceptors (Lipinski definition) is 7. The number of aromatic nitrogens is 5. The predicted octanol–water partition coefficient (Wildman–Crippen LogP) is 4.05. The van der Waals surface area contributed by atoms with Gasteiger partial charge in [-0.2, -0.15) is 0 Å². The molecule has 3 aromatic heterocycles. The Morgan fingerprint density at radius 3 is 2.36 bits per heavy atom. The molecule has 11 nitrogen and oxygen atoms in total. The molecule has 1 aliphatic rings. The molecule has 7 rings (SSSR count). The number of ether oxygens (including phenoxy) is 2. The van der Waals surface area contributed by atoms with Crippen LogP contribution >= 0.6 is 0 Å². The number of hydrogen-bond donors (Lipinski definition) is 5. The molecule has 5 N–H and O–H groups in total. The largest absolute Gasteiger partial charge is 0.497 e. The van der Waals surface area contributed by atoms with Crippen LogP contribution in [0, 0.1) is 0 Å². The smallest absolute Gasteiger partial charge is 0.239 e. The van der Waals surface area contributed by atoms with Gasteiger partial charge in [0.05, 0.1) is 32.8 Å². The minimum Gasteiger partial charge on any atom is -0.497 e. The first kappa shape index (κ1) is 30.5. The highest BCUT2D eigenvalue weighted by Gasteiger charge is 2.29. The van der Waals surface area contributed by atoms with E-state index in [1.807, 2.05) is 42.6 Å². The monoisotopic (exact) mass is 632 g/mol. The van der Waals surface area contributed by atoms with Crippen molar-refractivity contribution in [1.82, 2.24) is 40.7 Å². The Bertz CT molecular complexity index is 1990. The lowest BCUT2D eigenvalue weighted by Gasteiger charge is -2.27. The topological polar surface area (TPSA) is 134 Å². The molecule has 6 aromatic rings. The number of amides is 1. The van der Waals surface area contributed by atoms with E-state index >= 15 is 0 Å². The van der Waals surface area contributed by atoms with Crippen LogP contribution in [0.15, 0.2) is 79.1 Å². The van der Waals surface area contributed by atoms with Gasteiger partial charge in [0.1, 0.15) is 17.3 Å². The second kappa shape index (κ2) is 13.7. The molecule has 0 aliphatic carbocycles. The number of methoxy groups -OCH3 is 2. The molecule has 4 heterocycles. The van der Waals surface area contributed by atoms with Gasteiger partial charge in [-0.25, -0.2) is 0 Å². The Labute approximate surface area is 273 Å². The number of nitrogens with one attached hydrogen (secondary N) is 5. The number of rotatable bonds is 12. The summed E-state index contributed by atoms with van der Waals surface area (Å²) in [4.78, 5) is 20.5. The van der Waals surface area contributed by atoms with E-state index in [-0.39, 0.29) is 11.9 Å². The summed E-state index contributed by atoms with van der Waals surface area (Å²) in [6, 6.07) is 21.6. The van der Waals surface area contributed by atoms with Crippen LogP contribution in [0.4, 0.5) is 0 Å². The molecule has 1 fully saturated rings. The lowest BCUT2D eigenvalue weighted by molar-refractivity contribution is -0.124. The average Bonchev–Trinajstić information content (AvgIpc) is 3.84. The second-order valence-corrected chi connectivity index (χ2v) is 11.9. The highest BCUT2D eigenvalue weighted by atomic mass is 16.5. The van der Waals surface area contributed by atoms with E-state index in [0.29, 0.717) is 43.3 Å². The molecule has 242 valence electrons. The van der Waals surface area contributed by atoms with E-state index in [0.717, 1.165) is 52.9 Å². The molecule has 47 heavy (non-hydrogen) atoms. The summed E-state index contributed by atoms with van der Waals surface area (Å²) < 4.78 is 13.4. The van der Waals surface area contributed by atoms with Crippen LogP contribution in [0.2, 0.25) is 0 Å². The van der Waals surface area contributed by atoms with Crippen molar-refractivity contribution in [3.63, 3.8) is 0 Å². The fraction of sp³-hybridized carbons (Fsp3) is 0.306. The molecule has 11 heteroatoms. The maximum absolute atomic E-state index is 13.7. The van der Waals surface area contributed by atoms with Crippen LogP contribution in [-0.2, 0) is 30.6 Å². The first-order valence-electron chi connectivity index (χ1n) is 16.1. The Morgan fingerprint density at radius 2 is 1.64 bits per heavy atom. The first-order chi connectivity index (χ1) is 23.1. The molecule has 1 amide bonds. The van der Waals surface area contributed by atoms with Crippen molar-refractivity contribution >= 4 is 27.7 Å². The number of carbonyl (C=O) groups excluding carboxylic acids is 1. The van der Waals surface area contributed by atoms with Crippen LogP contribution in [0.1, 0.15) is 34.4 Å². The van der Waals surface area contributed by atoms with Crippen molar-refractivity contribution < 1.29 is 14.3 Å². The predicted molar refractivity (Wildman–Crippen MR) is 182 cm³/mol. The normalized spacial score (nSPS) is 15.6. The number of H-pyrrole nitrogens is 2. The van der Waals surface area contributed by atoms with Crippen molar-refractivity contribution in [2.75, 3.05) is 33.9 Å². The number of carbonyl (C=O) groups is 1. The Balaban J connectivity index is 1.27. The highest BCUT2D eigenvalue weighted by molar-refractivity contribution is 5.85. The number of fused-ring (bicyclic) bond motifs is 2.